The third kappa shape index (κ3) is 3.95. The lowest BCUT2D eigenvalue weighted by Gasteiger charge is -2.20. The molecule has 1 atom stereocenters. The smallest absolute Gasteiger partial charge is 0.251 e. The fourth-order valence-electron chi connectivity index (χ4n) is 1.48. The minimum Gasteiger partial charge on any atom is -0.348 e. The molecule has 0 aliphatic carbocycles. The van der Waals surface area contributed by atoms with Crippen LogP contribution in [0.4, 0.5) is 0 Å². The highest BCUT2D eigenvalue weighted by atomic mass is 127. The van der Waals surface area contributed by atoms with Crippen molar-refractivity contribution in [3.8, 4) is 0 Å². The van der Waals surface area contributed by atoms with Crippen LogP contribution in [0.15, 0.2) is 22.7 Å². The maximum Gasteiger partial charge on any atom is 0.251 e. The Labute approximate surface area is 125 Å². The van der Waals surface area contributed by atoms with Crippen LogP contribution < -0.4 is 5.32 Å². The van der Waals surface area contributed by atoms with Crippen LogP contribution in [-0.2, 0) is 0 Å². The summed E-state index contributed by atoms with van der Waals surface area (Å²) in [6, 6.07) is 5.92. The summed E-state index contributed by atoms with van der Waals surface area (Å²) in [5.74, 6) is 0.461. The molecule has 0 aliphatic heterocycles. The van der Waals surface area contributed by atoms with Crippen LogP contribution in [-0.4, -0.2) is 16.4 Å². The molecule has 0 radical (unpaired) electrons. The summed E-state index contributed by atoms with van der Waals surface area (Å²) < 4.78 is 1.90. The SMILES string of the molecule is Cc1c(Br)cccc1C(=O)NC(CI)C(C)C. The van der Waals surface area contributed by atoms with E-state index in [0.29, 0.717) is 5.92 Å². The maximum atomic E-state index is 12.2. The molecule has 0 bridgehead atoms. The average Bonchev–Trinajstić information content (AvgIpc) is 2.28. The normalized spacial score (nSPS) is 12.6. The maximum absolute atomic E-state index is 12.2. The topological polar surface area (TPSA) is 29.1 Å². The van der Waals surface area contributed by atoms with Crippen molar-refractivity contribution in [2.45, 2.75) is 26.8 Å². The molecule has 94 valence electrons. The fraction of sp³-hybridized carbons (Fsp3) is 0.462. The van der Waals surface area contributed by atoms with Crippen molar-refractivity contribution >= 4 is 44.4 Å². The van der Waals surface area contributed by atoms with E-state index in [1.807, 2.05) is 25.1 Å². The molecular weight excluding hydrogens is 393 g/mol. The van der Waals surface area contributed by atoms with Crippen LogP contribution >= 0.6 is 38.5 Å². The summed E-state index contributed by atoms with van der Waals surface area (Å²) in [4.78, 5) is 12.2. The Balaban J connectivity index is 2.86. The number of benzene rings is 1. The molecule has 0 heterocycles. The van der Waals surface area contributed by atoms with Crippen LogP contribution in [0.5, 0.6) is 0 Å². The summed E-state index contributed by atoms with van der Waals surface area (Å²) in [6.07, 6.45) is 0. The molecule has 0 fully saturated rings. The lowest BCUT2D eigenvalue weighted by Crippen LogP contribution is -2.40. The Bertz CT molecular complexity index is 406. The largest absolute Gasteiger partial charge is 0.348 e. The molecule has 1 rings (SSSR count). The second kappa shape index (κ2) is 6.73. The third-order valence-corrected chi connectivity index (χ3v) is 4.61. The number of hydrogen-bond donors (Lipinski definition) is 1. The number of rotatable bonds is 4. The Morgan fingerprint density at radius 1 is 1.47 bits per heavy atom. The molecular formula is C13H17BrINO. The van der Waals surface area contributed by atoms with E-state index < -0.39 is 0 Å². The summed E-state index contributed by atoms with van der Waals surface area (Å²) in [5.41, 5.74) is 1.73. The molecule has 0 spiro atoms. The van der Waals surface area contributed by atoms with Crippen molar-refractivity contribution < 1.29 is 4.79 Å². The molecule has 1 aromatic rings. The molecule has 0 aliphatic rings. The number of carbonyl (C=O) groups is 1. The van der Waals surface area contributed by atoms with Crippen molar-refractivity contribution in [3.63, 3.8) is 0 Å². The van der Waals surface area contributed by atoms with E-state index in [2.05, 4.69) is 57.7 Å². The van der Waals surface area contributed by atoms with E-state index in [4.69, 9.17) is 0 Å². The molecule has 1 aromatic carbocycles. The molecule has 17 heavy (non-hydrogen) atoms. The number of hydrogen-bond acceptors (Lipinski definition) is 1. The molecule has 0 aromatic heterocycles. The van der Waals surface area contributed by atoms with Gasteiger partial charge >= 0.3 is 0 Å². The highest BCUT2D eigenvalue weighted by molar-refractivity contribution is 14.1. The van der Waals surface area contributed by atoms with Gasteiger partial charge in [-0.25, -0.2) is 0 Å². The van der Waals surface area contributed by atoms with E-state index in [1.54, 1.807) is 0 Å². The van der Waals surface area contributed by atoms with Crippen LogP contribution in [0.25, 0.3) is 0 Å². The third-order valence-electron chi connectivity index (χ3n) is 2.80. The van der Waals surface area contributed by atoms with Crippen LogP contribution in [0, 0.1) is 12.8 Å². The highest BCUT2D eigenvalue weighted by Gasteiger charge is 2.17. The zero-order valence-corrected chi connectivity index (χ0v) is 14.0. The Kier molecular flexibility index (Phi) is 5.92. The summed E-state index contributed by atoms with van der Waals surface area (Å²) in [6.45, 7) is 6.20. The Hall–Kier alpha value is -0.100. The van der Waals surface area contributed by atoms with Crippen molar-refractivity contribution in [2.75, 3.05) is 4.43 Å². The lowest BCUT2D eigenvalue weighted by atomic mass is 10.0. The quantitative estimate of drug-likeness (QED) is 0.592. The molecule has 1 amide bonds. The number of carbonyl (C=O) groups excluding carboxylic acids is 1. The second-order valence-corrected chi connectivity index (χ2v) is 6.13. The summed E-state index contributed by atoms with van der Waals surface area (Å²) in [7, 11) is 0. The van der Waals surface area contributed by atoms with Crippen molar-refractivity contribution in [1.82, 2.24) is 5.32 Å². The van der Waals surface area contributed by atoms with Crippen molar-refractivity contribution in [1.29, 1.82) is 0 Å². The highest BCUT2D eigenvalue weighted by Crippen LogP contribution is 2.19. The average molecular weight is 410 g/mol. The molecule has 4 heteroatoms. The minimum absolute atomic E-state index is 0.0131. The summed E-state index contributed by atoms with van der Waals surface area (Å²) in [5, 5.41) is 3.08. The monoisotopic (exact) mass is 409 g/mol. The van der Waals surface area contributed by atoms with Gasteiger partial charge in [-0.05, 0) is 30.5 Å². The van der Waals surface area contributed by atoms with Gasteiger partial charge in [-0.2, -0.15) is 0 Å². The first kappa shape index (κ1) is 15.0. The van der Waals surface area contributed by atoms with Gasteiger partial charge in [0.05, 0.1) is 0 Å². The molecule has 1 N–H and O–H groups in total. The first-order chi connectivity index (χ1) is 7.97. The number of halogens is 2. The van der Waals surface area contributed by atoms with Gasteiger partial charge in [0, 0.05) is 20.5 Å². The zero-order valence-electron chi connectivity index (χ0n) is 10.3. The van der Waals surface area contributed by atoms with Gasteiger partial charge in [0.2, 0.25) is 0 Å². The van der Waals surface area contributed by atoms with Gasteiger partial charge in [-0.15, -0.1) is 0 Å². The summed E-state index contributed by atoms with van der Waals surface area (Å²) >= 11 is 5.75. The predicted molar refractivity (Wildman–Crippen MR) is 83.9 cm³/mol. The van der Waals surface area contributed by atoms with Crippen molar-refractivity contribution in [2.24, 2.45) is 5.92 Å². The van der Waals surface area contributed by atoms with E-state index >= 15 is 0 Å². The van der Waals surface area contributed by atoms with Crippen molar-refractivity contribution in [3.05, 3.63) is 33.8 Å². The Morgan fingerprint density at radius 3 is 2.65 bits per heavy atom. The number of amides is 1. The first-order valence-corrected chi connectivity index (χ1v) is 7.91. The van der Waals surface area contributed by atoms with Gasteiger partial charge in [0.1, 0.15) is 0 Å². The van der Waals surface area contributed by atoms with Crippen LogP contribution in [0.1, 0.15) is 29.8 Å². The molecule has 0 saturated carbocycles. The fourth-order valence-corrected chi connectivity index (χ4v) is 3.09. The standard InChI is InChI=1S/C13H17BrINO/c1-8(2)12(7-15)16-13(17)10-5-4-6-11(14)9(10)3/h4-6,8,12H,7H2,1-3H3,(H,16,17). The van der Waals surface area contributed by atoms with Gasteiger partial charge in [0.25, 0.3) is 5.91 Å². The number of nitrogens with one attached hydrogen (secondary N) is 1. The van der Waals surface area contributed by atoms with E-state index in [9.17, 15) is 4.79 Å². The van der Waals surface area contributed by atoms with Gasteiger partial charge in [-0.1, -0.05) is 58.4 Å². The predicted octanol–water partition coefficient (Wildman–Crippen LogP) is 3.95. The van der Waals surface area contributed by atoms with E-state index in [0.717, 1.165) is 20.0 Å². The van der Waals surface area contributed by atoms with Gasteiger partial charge in [0.15, 0.2) is 0 Å². The molecule has 1 unspecified atom stereocenters. The number of alkyl halides is 1. The molecule has 2 nitrogen and oxygen atoms in total. The van der Waals surface area contributed by atoms with E-state index in [-0.39, 0.29) is 11.9 Å². The first-order valence-electron chi connectivity index (χ1n) is 5.59. The second-order valence-electron chi connectivity index (χ2n) is 4.39. The Morgan fingerprint density at radius 2 is 2.12 bits per heavy atom. The van der Waals surface area contributed by atoms with E-state index in [1.165, 1.54) is 0 Å². The zero-order chi connectivity index (χ0) is 13.0. The van der Waals surface area contributed by atoms with Crippen LogP contribution in [0.2, 0.25) is 0 Å². The van der Waals surface area contributed by atoms with Gasteiger partial charge in [-0.3, -0.25) is 4.79 Å². The van der Waals surface area contributed by atoms with Crippen LogP contribution in [0.3, 0.4) is 0 Å². The molecule has 0 saturated heterocycles. The van der Waals surface area contributed by atoms with Gasteiger partial charge < -0.3 is 5.32 Å². The lowest BCUT2D eigenvalue weighted by molar-refractivity contribution is 0.0931. The minimum atomic E-state index is 0.0131.